The number of amides is 1. The fourth-order valence-corrected chi connectivity index (χ4v) is 3.27. The van der Waals surface area contributed by atoms with Gasteiger partial charge in [-0.2, -0.15) is 0 Å². The average Bonchev–Trinajstić information content (AvgIpc) is 2.42. The number of methoxy groups -OCH3 is 1. The molecule has 0 unspecified atom stereocenters. The molecule has 1 aliphatic carbocycles. The molecular formula is C15H28N2O2. The highest BCUT2D eigenvalue weighted by Gasteiger charge is 2.25. The number of carbonyl (C=O) groups excluding carboxylic acids is 1. The van der Waals surface area contributed by atoms with Crippen molar-refractivity contribution in [2.24, 2.45) is 5.92 Å². The van der Waals surface area contributed by atoms with Crippen molar-refractivity contribution in [2.75, 3.05) is 26.8 Å². The minimum absolute atomic E-state index is 0.132. The van der Waals surface area contributed by atoms with E-state index in [0.717, 1.165) is 31.8 Å². The first kappa shape index (κ1) is 14.8. The maximum Gasteiger partial charge on any atom is 0.248 e. The van der Waals surface area contributed by atoms with Crippen molar-refractivity contribution < 1.29 is 9.53 Å². The first-order chi connectivity index (χ1) is 9.19. The molecule has 0 aromatic rings. The van der Waals surface area contributed by atoms with Crippen molar-refractivity contribution in [3.63, 3.8) is 0 Å². The third kappa shape index (κ3) is 4.46. The summed E-state index contributed by atoms with van der Waals surface area (Å²) < 4.78 is 4.91. The second-order valence-corrected chi connectivity index (χ2v) is 6.21. The summed E-state index contributed by atoms with van der Waals surface area (Å²) in [5.41, 5.74) is 0. The Kier molecular flexibility index (Phi) is 5.64. The van der Waals surface area contributed by atoms with Gasteiger partial charge in [-0.1, -0.05) is 6.92 Å². The lowest BCUT2D eigenvalue weighted by Gasteiger charge is -2.36. The van der Waals surface area contributed by atoms with Crippen LogP contribution in [0.15, 0.2) is 0 Å². The molecule has 2 fully saturated rings. The Bertz CT molecular complexity index is 280. The fraction of sp³-hybridized carbons (Fsp3) is 0.933. The maximum atomic E-state index is 11.7. The third-order valence-electron chi connectivity index (χ3n) is 4.60. The summed E-state index contributed by atoms with van der Waals surface area (Å²) in [6, 6.07) is 1.31. The molecule has 0 radical (unpaired) electrons. The Morgan fingerprint density at radius 3 is 2.26 bits per heavy atom. The number of hydrogen-bond donors (Lipinski definition) is 1. The quantitative estimate of drug-likeness (QED) is 0.845. The number of ether oxygens (including phenoxy) is 1. The minimum atomic E-state index is 0.132. The van der Waals surface area contributed by atoms with Crippen molar-refractivity contribution in [2.45, 2.75) is 57.5 Å². The van der Waals surface area contributed by atoms with Crippen LogP contribution in [-0.4, -0.2) is 49.7 Å². The van der Waals surface area contributed by atoms with Crippen LogP contribution in [0.1, 0.15) is 45.4 Å². The summed E-state index contributed by atoms with van der Waals surface area (Å²) in [5.74, 6) is 1.04. The van der Waals surface area contributed by atoms with Gasteiger partial charge in [0.1, 0.15) is 6.61 Å². The van der Waals surface area contributed by atoms with Gasteiger partial charge in [-0.3, -0.25) is 4.79 Å². The number of likely N-dealkylation sites (tertiary alicyclic amines) is 1. The molecule has 0 aromatic heterocycles. The summed E-state index contributed by atoms with van der Waals surface area (Å²) >= 11 is 0. The van der Waals surface area contributed by atoms with Gasteiger partial charge in [0, 0.05) is 32.3 Å². The monoisotopic (exact) mass is 268 g/mol. The van der Waals surface area contributed by atoms with Gasteiger partial charge in [0.05, 0.1) is 0 Å². The van der Waals surface area contributed by atoms with Crippen molar-refractivity contribution >= 4 is 5.91 Å². The van der Waals surface area contributed by atoms with E-state index in [2.05, 4.69) is 12.2 Å². The van der Waals surface area contributed by atoms with Crippen LogP contribution in [0, 0.1) is 5.92 Å². The first-order valence-corrected chi connectivity index (χ1v) is 7.71. The predicted molar refractivity (Wildman–Crippen MR) is 76.0 cm³/mol. The highest BCUT2D eigenvalue weighted by molar-refractivity contribution is 5.77. The molecule has 0 spiro atoms. The molecule has 19 heavy (non-hydrogen) atoms. The van der Waals surface area contributed by atoms with Crippen LogP contribution in [0.25, 0.3) is 0 Å². The lowest BCUT2D eigenvalue weighted by atomic mass is 9.86. The molecule has 0 atom stereocenters. The summed E-state index contributed by atoms with van der Waals surface area (Å²) in [5, 5.41) is 3.80. The van der Waals surface area contributed by atoms with Crippen molar-refractivity contribution in [3.8, 4) is 0 Å². The Labute approximate surface area is 116 Å². The van der Waals surface area contributed by atoms with E-state index >= 15 is 0 Å². The second kappa shape index (κ2) is 7.25. The molecule has 2 rings (SSSR count). The van der Waals surface area contributed by atoms with Crippen LogP contribution in [-0.2, 0) is 9.53 Å². The van der Waals surface area contributed by atoms with E-state index in [9.17, 15) is 4.79 Å². The number of piperidine rings is 1. The number of nitrogens with one attached hydrogen (secondary N) is 1. The van der Waals surface area contributed by atoms with Gasteiger partial charge in [0.25, 0.3) is 0 Å². The molecule has 1 saturated heterocycles. The third-order valence-corrected chi connectivity index (χ3v) is 4.60. The normalized spacial score (nSPS) is 29.5. The van der Waals surface area contributed by atoms with Gasteiger partial charge >= 0.3 is 0 Å². The molecule has 4 heteroatoms. The van der Waals surface area contributed by atoms with Crippen LogP contribution < -0.4 is 5.32 Å². The van der Waals surface area contributed by atoms with Crippen molar-refractivity contribution in [3.05, 3.63) is 0 Å². The highest BCUT2D eigenvalue weighted by atomic mass is 16.5. The molecule has 1 saturated carbocycles. The van der Waals surface area contributed by atoms with E-state index in [1.165, 1.54) is 25.7 Å². The molecule has 110 valence electrons. The number of carbonyl (C=O) groups is 1. The van der Waals surface area contributed by atoms with Gasteiger partial charge in [-0.05, 0) is 44.4 Å². The van der Waals surface area contributed by atoms with Crippen LogP contribution in [0.3, 0.4) is 0 Å². The zero-order chi connectivity index (χ0) is 13.7. The first-order valence-electron chi connectivity index (χ1n) is 7.71. The smallest absolute Gasteiger partial charge is 0.248 e. The molecule has 0 bridgehead atoms. The zero-order valence-corrected chi connectivity index (χ0v) is 12.4. The molecule has 4 nitrogen and oxygen atoms in total. The average molecular weight is 268 g/mol. The minimum Gasteiger partial charge on any atom is -0.375 e. The Balaban J connectivity index is 1.67. The number of rotatable bonds is 4. The van der Waals surface area contributed by atoms with Gasteiger partial charge < -0.3 is 15.0 Å². The molecule has 1 amide bonds. The Hall–Kier alpha value is -0.610. The van der Waals surface area contributed by atoms with Crippen molar-refractivity contribution in [1.82, 2.24) is 10.2 Å². The van der Waals surface area contributed by atoms with Gasteiger partial charge in [-0.15, -0.1) is 0 Å². The van der Waals surface area contributed by atoms with Crippen LogP contribution in [0.5, 0.6) is 0 Å². The Morgan fingerprint density at radius 1 is 1.11 bits per heavy atom. The van der Waals surface area contributed by atoms with E-state index in [1.54, 1.807) is 7.11 Å². The lowest BCUT2D eigenvalue weighted by molar-refractivity contribution is -0.136. The molecular weight excluding hydrogens is 240 g/mol. The standard InChI is InChI=1S/C15H28N2O2/c1-12-3-5-13(6-4-12)16-14-7-9-17(10-8-14)15(18)11-19-2/h12-14,16H,3-11H2,1-2H3. The second-order valence-electron chi connectivity index (χ2n) is 6.21. The van der Waals surface area contributed by atoms with Crippen LogP contribution in [0.4, 0.5) is 0 Å². The van der Waals surface area contributed by atoms with E-state index < -0.39 is 0 Å². The fourth-order valence-electron chi connectivity index (χ4n) is 3.27. The summed E-state index contributed by atoms with van der Waals surface area (Å²) in [4.78, 5) is 13.6. The molecule has 0 aromatic carbocycles. The van der Waals surface area contributed by atoms with Crippen LogP contribution >= 0.6 is 0 Å². The molecule has 2 aliphatic rings. The summed E-state index contributed by atoms with van der Waals surface area (Å²) in [7, 11) is 1.58. The topological polar surface area (TPSA) is 41.6 Å². The lowest BCUT2D eigenvalue weighted by Crippen LogP contribution is -2.49. The van der Waals surface area contributed by atoms with Gasteiger partial charge in [0.2, 0.25) is 5.91 Å². The maximum absolute atomic E-state index is 11.7. The summed E-state index contributed by atoms with van der Waals surface area (Å²) in [6.07, 6.45) is 7.54. The van der Waals surface area contributed by atoms with E-state index in [0.29, 0.717) is 12.1 Å². The van der Waals surface area contributed by atoms with E-state index in [4.69, 9.17) is 4.74 Å². The van der Waals surface area contributed by atoms with Gasteiger partial charge in [-0.25, -0.2) is 0 Å². The summed E-state index contributed by atoms with van der Waals surface area (Å²) in [6.45, 7) is 4.33. The largest absolute Gasteiger partial charge is 0.375 e. The predicted octanol–water partition coefficient (Wildman–Crippen LogP) is 1.79. The molecule has 1 aliphatic heterocycles. The van der Waals surface area contributed by atoms with Crippen molar-refractivity contribution in [1.29, 1.82) is 0 Å². The van der Waals surface area contributed by atoms with E-state index in [1.807, 2.05) is 4.90 Å². The molecule has 1 heterocycles. The SMILES string of the molecule is COCC(=O)N1CCC(NC2CCC(C)CC2)CC1. The van der Waals surface area contributed by atoms with Crippen LogP contribution in [0.2, 0.25) is 0 Å². The van der Waals surface area contributed by atoms with Gasteiger partial charge in [0.15, 0.2) is 0 Å². The zero-order valence-electron chi connectivity index (χ0n) is 12.4. The number of hydrogen-bond acceptors (Lipinski definition) is 3. The number of nitrogens with zero attached hydrogens (tertiary/aromatic N) is 1. The highest BCUT2D eigenvalue weighted by Crippen LogP contribution is 2.24. The molecule has 1 N–H and O–H groups in total. The van der Waals surface area contributed by atoms with E-state index in [-0.39, 0.29) is 12.5 Å². The Morgan fingerprint density at radius 2 is 1.68 bits per heavy atom.